The zero-order chi connectivity index (χ0) is 13.7. The highest BCUT2D eigenvalue weighted by Gasteiger charge is 2.06. The van der Waals surface area contributed by atoms with E-state index >= 15 is 0 Å². The molecule has 0 aliphatic heterocycles. The van der Waals surface area contributed by atoms with Crippen molar-refractivity contribution in [3.05, 3.63) is 54.1 Å². The summed E-state index contributed by atoms with van der Waals surface area (Å²) in [7, 11) is 5.72. The Balaban J connectivity index is 2.18. The number of hydrogen-bond donors (Lipinski definition) is 1. The molecule has 0 fully saturated rings. The third kappa shape index (κ3) is 3.19. The highest BCUT2D eigenvalue weighted by Crippen LogP contribution is 2.23. The Bertz CT molecular complexity index is 540. The van der Waals surface area contributed by atoms with Crippen LogP contribution >= 0.6 is 0 Å². The molecule has 0 aliphatic carbocycles. The van der Waals surface area contributed by atoms with Crippen LogP contribution in [0.2, 0.25) is 0 Å². The van der Waals surface area contributed by atoms with Gasteiger partial charge >= 0.3 is 0 Å². The minimum Gasteiger partial charge on any atom is -0.496 e. The van der Waals surface area contributed by atoms with Gasteiger partial charge in [0.15, 0.2) is 0 Å². The lowest BCUT2D eigenvalue weighted by molar-refractivity contribution is 0.409. The highest BCUT2D eigenvalue weighted by molar-refractivity contribution is 5.58. The summed E-state index contributed by atoms with van der Waals surface area (Å²) >= 11 is 0. The van der Waals surface area contributed by atoms with Crippen molar-refractivity contribution >= 4 is 11.4 Å². The number of anilines is 2. The van der Waals surface area contributed by atoms with E-state index in [1.54, 1.807) is 7.11 Å². The zero-order valence-electron chi connectivity index (χ0n) is 11.7. The topological polar surface area (TPSA) is 24.5 Å². The molecule has 0 heterocycles. The van der Waals surface area contributed by atoms with E-state index < -0.39 is 0 Å². The molecule has 0 aromatic heterocycles. The highest BCUT2D eigenvalue weighted by atomic mass is 16.5. The lowest BCUT2D eigenvalue weighted by Crippen LogP contribution is -2.16. The van der Waals surface area contributed by atoms with E-state index in [-0.39, 0.29) is 0 Å². The van der Waals surface area contributed by atoms with Gasteiger partial charge in [0.2, 0.25) is 0 Å². The second-order valence-corrected chi connectivity index (χ2v) is 4.47. The van der Waals surface area contributed by atoms with Gasteiger partial charge in [-0.1, -0.05) is 24.3 Å². The van der Waals surface area contributed by atoms with Gasteiger partial charge in [0.05, 0.1) is 7.11 Å². The monoisotopic (exact) mass is 256 g/mol. The van der Waals surface area contributed by atoms with Crippen LogP contribution in [0.1, 0.15) is 5.56 Å². The second kappa shape index (κ2) is 6.14. The molecule has 1 N–H and O–H groups in total. The van der Waals surface area contributed by atoms with Gasteiger partial charge in [-0.15, -0.1) is 0 Å². The fraction of sp³-hybridized carbons (Fsp3) is 0.250. The molecular weight excluding hydrogens is 236 g/mol. The van der Waals surface area contributed by atoms with Gasteiger partial charge in [-0.2, -0.15) is 0 Å². The summed E-state index contributed by atoms with van der Waals surface area (Å²) in [5.74, 6) is 0.930. The largest absolute Gasteiger partial charge is 0.496 e. The quantitative estimate of drug-likeness (QED) is 0.887. The molecule has 0 radical (unpaired) electrons. The number of nitrogens with zero attached hydrogens (tertiary/aromatic N) is 1. The average molecular weight is 256 g/mol. The Kier molecular flexibility index (Phi) is 4.29. The Labute approximate surface area is 114 Å². The summed E-state index contributed by atoms with van der Waals surface area (Å²) in [6, 6.07) is 16.5. The first-order chi connectivity index (χ1) is 9.24. The third-order valence-corrected chi connectivity index (χ3v) is 3.18. The van der Waals surface area contributed by atoms with E-state index in [9.17, 15) is 0 Å². The maximum absolute atomic E-state index is 5.39. The number of methoxy groups -OCH3 is 1. The van der Waals surface area contributed by atoms with E-state index in [0.29, 0.717) is 0 Å². The van der Waals surface area contributed by atoms with Crippen LogP contribution in [0.5, 0.6) is 5.75 Å². The van der Waals surface area contributed by atoms with Crippen LogP contribution in [0.3, 0.4) is 0 Å². The van der Waals surface area contributed by atoms with Crippen LogP contribution < -0.4 is 15.0 Å². The number of para-hydroxylation sites is 1. The molecule has 3 heteroatoms. The molecule has 0 spiro atoms. The predicted octanol–water partition coefficient (Wildman–Crippen LogP) is 3.37. The maximum atomic E-state index is 5.39. The van der Waals surface area contributed by atoms with Crippen molar-refractivity contribution < 1.29 is 4.74 Å². The molecular formula is C16H20N2O. The van der Waals surface area contributed by atoms with E-state index in [1.165, 1.54) is 11.3 Å². The molecule has 100 valence electrons. The molecule has 0 saturated carbocycles. The molecule has 19 heavy (non-hydrogen) atoms. The zero-order valence-corrected chi connectivity index (χ0v) is 11.7. The standard InChI is InChI=1S/C16H20N2O/c1-17-14-8-6-9-15(11-14)18(2)12-13-7-4-5-10-16(13)19-3/h4-11,17H,12H2,1-3H3. The first kappa shape index (κ1) is 13.3. The molecule has 0 bridgehead atoms. The third-order valence-electron chi connectivity index (χ3n) is 3.18. The van der Waals surface area contributed by atoms with Crippen LogP contribution in [0.15, 0.2) is 48.5 Å². The lowest BCUT2D eigenvalue weighted by Gasteiger charge is -2.21. The van der Waals surface area contributed by atoms with Crippen molar-refractivity contribution in [2.24, 2.45) is 0 Å². The normalized spacial score (nSPS) is 10.1. The van der Waals surface area contributed by atoms with Gasteiger partial charge in [-0.05, 0) is 24.3 Å². The van der Waals surface area contributed by atoms with Crippen molar-refractivity contribution in [1.29, 1.82) is 0 Å². The molecule has 2 aromatic carbocycles. The van der Waals surface area contributed by atoms with Crippen molar-refractivity contribution in [3.8, 4) is 5.75 Å². The average Bonchev–Trinajstić information content (AvgIpc) is 2.47. The number of hydrogen-bond acceptors (Lipinski definition) is 3. The minimum absolute atomic E-state index is 0.817. The van der Waals surface area contributed by atoms with Crippen molar-refractivity contribution in [1.82, 2.24) is 0 Å². The van der Waals surface area contributed by atoms with Crippen molar-refractivity contribution in [2.75, 3.05) is 31.4 Å². The fourth-order valence-electron chi connectivity index (χ4n) is 2.08. The second-order valence-electron chi connectivity index (χ2n) is 4.47. The summed E-state index contributed by atoms with van der Waals surface area (Å²) < 4.78 is 5.39. The van der Waals surface area contributed by atoms with Gasteiger partial charge < -0.3 is 15.0 Å². The van der Waals surface area contributed by atoms with E-state index in [4.69, 9.17) is 4.74 Å². The smallest absolute Gasteiger partial charge is 0.123 e. The SMILES string of the molecule is CNc1cccc(N(C)Cc2ccccc2OC)c1. The summed E-state index contributed by atoms with van der Waals surface area (Å²) in [4.78, 5) is 2.21. The number of benzene rings is 2. The molecule has 0 amide bonds. The van der Waals surface area contributed by atoms with Crippen molar-refractivity contribution in [2.45, 2.75) is 6.54 Å². The Hall–Kier alpha value is -2.16. The van der Waals surface area contributed by atoms with Crippen LogP contribution in [0.25, 0.3) is 0 Å². The van der Waals surface area contributed by atoms with Gasteiger partial charge in [-0.3, -0.25) is 0 Å². The molecule has 2 rings (SSSR count). The van der Waals surface area contributed by atoms with Crippen LogP contribution in [0, 0.1) is 0 Å². The summed E-state index contributed by atoms with van der Waals surface area (Å²) in [6.07, 6.45) is 0. The molecule has 0 unspecified atom stereocenters. The number of rotatable bonds is 5. The summed E-state index contributed by atoms with van der Waals surface area (Å²) in [6.45, 7) is 0.817. The van der Waals surface area contributed by atoms with E-state index in [2.05, 4.69) is 47.6 Å². The Morgan fingerprint density at radius 1 is 1.11 bits per heavy atom. The molecule has 0 atom stereocenters. The fourth-order valence-corrected chi connectivity index (χ4v) is 2.08. The first-order valence-corrected chi connectivity index (χ1v) is 6.35. The first-order valence-electron chi connectivity index (χ1n) is 6.35. The van der Waals surface area contributed by atoms with Crippen LogP contribution in [0.4, 0.5) is 11.4 Å². The molecule has 0 aliphatic rings. The lowest BCUT2D eigenvalue weighted by atomic mass is 10.1. The summed E-state index contributed by atoms with van der Waals surface area (Å²) in [5, 5.41) is 3.16. The van der Waals surface area contributed by atoms with Gasteiger partial charge in [0, 0.05) is 37.6 Å². The van der Waals surface area contributed by atoms with Crippen LogP contribution in [-0.2, 0) is 6.54 Å². The minimum atomic E-state index is 0.817. The van der Waals surface area contributed by atoms with Crippen molar-refractivity contribution in [3.63, 3.8) is 0 Å². The van der Waals surface area contributed by atoms with Crippen LogP contribution in [-0.4, -0.2) is 21.2 Å². The maximum Gasteiger partial charge on any atom is 0.123 e. The van der Waals surface area contributed by atoms with E-state index in [0.717, 1.165) is 18.0 Å². The Morgan fingerprint density at radius 3 is 2.63 bits per heavy atom. The number of nitrogens with one attached hydrogen (secondary N) is 1. The van der Waals surface area contributed by atoms with Gasteiger partial charge in [0.25, 0.3) is 0 Å². The predicted molar refractivity (Wildman–Crippen MR) is 81.1 cm³/mol. The summed E-state index contributed by atoms with van der Waals surface area (Å²) in [5.41, 5.74) is 3.48. The Morgan fingerprint density at radius 2 is 1.89 bits per heavy atom. The van der Waals surface area contributed by atoms with Gasteiger partial charge in [-0.25, -0.2) is 0 Å². The van der Waals surface area contributed by atoms with Gasteiger partial charge in [0.1, 0.15) is 5.75 Å². The number of ether oxygens (including phenoxy) is 1. The van der Waals surface area contributed by atoms with E-state index in [1.807, 2.05) is 25.2 Å². The molecule has 2 aromatic rings. The molecule has 3 nitrogen and oxygen atoms in total. The molecule has 0 saturated heterocycles.